The molecular weight excluding hydrogens is 336 g/mol. The van der Waals surface area contributed by atoms with Gasteiger partial charge < -0.3 is 5.32 Å². The molecule has 25 heavy (non-hydrogen) atoms. The number of rotatable bonds is 8. The van der Waals surface area contributed by atoms with E-state index in [0.29, 0.717) is 16.1 Å². The molecule has 2 aromatic rings. The number of carbonyl (C=O) groups excluding carboxylic acids is 3. The van der Waals surface area contributed by atoms with Crippen molar-refractivity contribution in [1.29, 1.82) is 5.26 Å². The van der Waals surface area contributed by atoms with Gasteiger partial charge in [-0.1, -0.05) is 6.07 Å². The zero-order chi connectivity index (χ0) is 18.2. The maximum Gasteiger partial charge on any atom is 0.224 e. The summed E-state index contributed by atoms with van der Waals surface area (Å²) < 4.78 is 0. The van der Waals surface area contributed by atoms with E-state index in [4.69, 9.17) is 5.26 Å². The molecule has 0 atom stereocenters. The Balaban J connectivity index is 1.73. The van der Waals surface area contributed by atoms with Crippen LogP contribution >= 0.6 is 11.3 Å². The molecule has 0 saturated heterocycles. The Morgan fingerprint density at radius 1 is 1.08 bits per heavy atom. The van der Waals surface area contributed by atoms with Crippen molar-refractivity contribution in [2.24, 2.45) is 0 Å². The van der Waals surface area contributed by atoms with Crippen molar-refractivity contribution in [3.8, 4) is 6.07 Å². The van der Waals surface area contributed by atoms with Gasteiger partial charge in [-0.15, -0.1) is 11.3 Å². The highest BCUT2D eigenvalue weighted by Gasteiger charge is 2.12. The first-order valence-electron chi connectivity index (χ1n) is 7.89. The molecule has 0 bridgehead atoms. The van der Waals surface area contributed by atoms with Gasteiger partial charge in [0.2, 0.25) is 5.91 Å². The largest absolute Gasteiger partial charge is 0.326 e. The van der Waals surface area contributed by atoms with Crippen LogP contribution in [-0.4, -0.2) is 17.5 Å². The van der Waals surface area contributed by atoms with Crippen LogP contribution in [0.5, 0.6) is 0 Å². The van der Waals surface area contributed by atoms with Crippen LogP contribution in [0.1, 0.15) is 45.8 Å². The predicted molar refractivity (Wildman–Crippen MR) is 96.6 cm³/mol. The molecular formula is C19H18N2O3S. The normalized spacial score (nSPS) is 10.1. The van der Waals surface area contributed by atoms with Crippen LogP contribution in [0, 0.1) is 18.3 Å². The van der Waals surface area contributed by atoms with Crippen LogP contribution in [0.2, 0.25) is 0 Å². The molecule has 0 spiro atoms. The first-order valence-corrected chi connectivity index (χ1v) is 8.71. The van der Waals surface area contributed by atoms with E-state index < -0.39 is 0 Å². The molecule has 0 fully saturated rings. The number of Topliss-reactive ketones (excluding diaryl/α,β-unsaturated/α-hetero) is 2. The third kappa shape index (κ3) is 5.98. The summed E-state index contributed by atoms with van der Waals surface area (Å²) in [5.41, 5.74) is 0.982. The Hall–Kier alpha value is -2.78. The zero-order valence-corrected chi connectivity index (χ0v) is 14.7. The van der Waals surface area contributed by atoms with E-state index in [-0.39, 0.29) is 43.2 Å². The van der Waals surface area contributed by atoms with Gasteiger partial charge in [0.1, 0.15) is 5.78 Å². The fraction of sp³-hybridized carbons (Fsp3) is 0.263. The SMILES string of the molecule is Cc1ccc(C(=O)CCC(=O)CCC(=O)Nc2cccc(C#N)c2)s1. The number of hydrogen-bond acceptors (Lipinski definition) is 5. The summed E-state index contributed by atoms with van der Waals surface area (Å²) in [6.45, 7) is 1.93. The molecule has 2 rings (SSSR count). The number of aryl methyl sites for hydroxylation is 1. The van der Waals surface area contributed by atoms with Gasteiger partial charge in [-0.25, -0.2) is 0 Å². The maximum atomic E-state index is 12.0. The summed E-state index contributed by atoms with van der Waals surface area (Å²) in [4.78, 5) is 37.4. The number of carbonyl (C=O) groups is 3. The third-order valence-corrected chi connectivity index (χ3v) is 4.59. The van der Waals surface area contributed by atoms with Crippen LogP contribution in [-0.2, 0) is 9.59 Å². The summed E-state index contributed by atoms with van der Waals surface area (Å²) in [5, 5.41) is 11.5. The van der Waals surface area contributed by atoms with Crippen molar-refractivity contribution in [3.05, 3.63) is 51.7 Å². The average molecular weight is 354 g/mol. The lowest BCUT2D eigenvalue weighted by Gasteiger charge is -2.05. The number of nitriles is 1. The number of nitrogens with one attached hydrogen (secondary N) is 1. The highest BCUT2D eigenvalue weighted by atomic mass is 32.1. The highest BCUT2D eigenvalue weighted by molar-refractivity contribution is 7.14. The van der Waals surface area contributed by atoms with E-state index in [1.165, 1.54) is 11.3 Å². The number of anilines is 1. The molecule has 0 radical (unpaired) electrons. The number of benzene rings is 1. The average Bonchev–Trinajstić information content (AvgIpc) is 3.04. The van der Waals surface area contributed by atoms with Crippen LogP contribution in [0.3, 0.4) is 0 Å². The molecule has 0 saturated carbocycles. The van der Waals surface area contributed by atoms with Gasteiger partial charge >= 0.3 is 0 Å². The Morgan fingerprint density at radius 2 is 1.84 bits per heavy atom. The number of hydrogen-bond donors (Lipinski definition) is 1. The van der Waals surface area contributed by atoms with E-state index in [2.05, 4.69) is 5.32 Å². The minimum Gasteiger partial charge on any atom is -0.326 e. The molecule has 1 N–H and O–H groups in total. The number of thiophene rings is 1. The summed E-state index contributed by atoms with van der Waals surface area (Å²) in [7, 11) is 0. The van der Waals surface area contributed by atoms with Gasteiger partial charge in [0, 0.05) is 36.2 Å². The molecule has 0 aliphatic heterocycles. The minimum atomic E-state index is -0.288. The van der Waals surface area contributed by atoms with Crippen molar-refractivity contribution in [2.75, 3.05) is 5.32 Å². The summed E-state index contributed by atoms with van der Waals surface area (Å²) >= 11 is 1.42. The standard InChI is InChI=1S/C19H18N2O3S/c1-13-5-9-18(25-13)17(23)8-6-16(22)7-10-19(24)21-15-4-2-3-14(11-15)12-20/h2-5,9,11H,6-8,10H2,1H3,(H,21,24). The molecule has 1 aromatic carbocycles. The second-order valence-corrected chi connectivity index (χ2v) is 6.90. The quantitative estimate of drug-likeness (QED) is 0.729. The summed E-state index contributed by atoms with van der Waals surface area (Å²) in [5.74, 6) is -0.435. The van der Waals surface area contributed by atoms with Crippen molar-refractivity contribution < 1.29 is 14.4 Å². The van der Waals surface area contributed by atoms with Gasteiger partial charge in [0.05, 0.1) is 16.5 Å². The number of nitrogens with zero attached hydrogens (tertiary/aromatic N) is 1. The van der Waals surface area contributed by atoms with E-state index >= 15 is 0 Å². The molecule has 0 aliphatic rings. The van der Waals surface area contributed by atoms with Crippen LogP contribution in [0.4, 0.5) is 5.69 Å². The molecule has 1 heterocycles. The zero-order valence-electron chi connectivity index (χ0n) is 13.9. The smallest absolute Gasteiger partial charge is 0.224 e. The lowest BCUT2D eigenvalue weighted by molar-refractivity contribution is -0.122. The van der Waals surface area contributed by atoms with Crippen LogP contribution < -0.4 is 5.32 Å². The van der Waals surface area contributed by atoms with Gasteiger partial charge in [0.25, 0.3) is 0 Å². The Labute approximate surface area is 150 Å². The van der Waals surface area contributed by atoms with Crippen LogP contribution in [0.25, 0.3) is 0 Å². The van der Waals surface area contributed by atoms with E-state index in [1.807, 2.05) is 19.1 Å². The van der Waals surface area contributed by atoms with Crippen LogP contribution in [0.15, 0.2) is 36.4 Å². The Morgan fingerprint density at radius 3 is 2.52 bits per heavy atom. The molecule has 0 aliphatic carbocycles. The molecule has 6 heteroatoms. The molecule has 1 aromatic heterocycles. The maximum absolute atomic E-state index is 12.0. The Kier molecular flexibility index (Phi) is 6.61. The minimum absolute atomic E-state index is 0.0378. The first kappa shape index (κ1) is 18.6. The molecule has 0 unspecified atom stereocenters. The van der Waals surface area contributed by atoms with Gasteiger partial charge in [-0.05, 0) is 37.3 Å². The molecule has 128 valence electrons. The summed E-state index contributed by atoms with van der Waals surface area (Å²) in [6.07, 6.45) is 0.472. The second kappa shape index (κ2) is 8.90. The lowest BCUT2D eigenvalue weighted by Crippen LogP contribution is -2.14. The van der Waals surface area contributed by atoms with E-state index in [1.54, 1.807) is 30.3 Å². The van der Waals surface area contributed by atoms with Gasteiger partial charge in [0.15, 0.2) is 5.78 Å². The van der Waals surface area contributed by atoms with Crippen molar-refractivity contribution >= 4 is 34.5 Å². The molecule has 5 nitrogen and oxygen atoms in total. The number of ketones is 2. The predicted octanol–water partition coefficient (Wildman–Crippen LogP) is 3.88. The fourth-order valence-electron chi connectivity index (χ4n) is 2.23. The molecule has 1 amide bonds. The second-order valence-electron chi connectivity index (χ2n) is 5.61. The number of amides is 1. The Bertz CT molecular complexity index is 833. The van der Waals surface area contributed by atoms with Gasteiger partial charge in [-0.2, -0.15) is 5.26 Å². The first-order chi connectivity index (χ1) is 12.0. The highest BCUT2D eigenvalue weighted by Crippen LogP contribution is 2.18. The topological polar surface area (TPSA) is 87.0 Å². The van der Waals surface area contributed by atoms with E-state index in [0.717, 1.165) is 4.88 Å². The van der Waals surface area contributed by atoms with Crippen molar-refractivity contribution in [1.82, 2.24) is 0 Å². The third-order valence-electron chi connectivity index (χ3n) is 3.55. The summed E-state index contributed by atoms with van der Waals surface area (Å²) in [6, 6.07) is 12.2. The lowest BCUT2D eigenvalue weighted by atomic mass is 10.1. The van der Waals surface area contributed by atoms with Gasteiger partial charge in [-0.3, -0.25) is 14.4 Å². The van der Waals surface area contributed by atoms with Crippen molar-refractivity contribution in [3.63, 3.8) is 0 Å². The van der Waals surface area contributed by atoms with Crippen molar-refractivity contribution in [2.45, 2.75) is 32.6 Å². The monoisotopic (exact) mass is 354 g/mol. The van der Waals surface area contributed by atoms with E-state index in [9.17, 15) is 14.4 Å². The fourth-order valence-corrected chi connectivity index (χ4v) is 3.06.